The minimum atomic E-state index is -4.11. The summed E-state index contributed by atoms with van der Waals surface area (Å²) >= 11 is 1.31. The van der Waals surface area contributed by atoms with Crippen LogP contribution in [0.4, 0.5) is 0 Å². The minimum Gasteiger partial charge on any atom is -0.282 e. The summed E-state index contributed by atoms with van der Waals surface area (Å²) in [7, 11) is -4.11. The van der Waals surface area contributed by atoms with E-state index in [-0.39, 0.29) is 4.90 Å². The standard InChI is InChI=1S/C8H7NO3S2/c1-5-7-4-6(14(10,11)12)2-3-8(7)9-13-5/h2-4H,1H3,(H,10,11,12). The monoisotopic (exact) mass is 229 g/mol. The van der Waals surface area contributed by atoms with E-state index in [2.05, 4.69) is 4.37 Å². The number of nitrogens with zero attached hydrogens (tertiary/aromatic N) is 1. The molecule has 0 aliphatic rings. The van der Waals surface area contributed by atoms with Crippen LogP contribution >= 0.6 is 11.5 Å². The second-order valence-electron chi connectivity index (χ2n) is 2.89. The van der Waals surface area contributed by atoms with Gasteiger partial charge >= 0.3 is 0 Å². The van der Waals surface area contributed by atoms with E-state index in [1.54, 1.807) is 6.07 Å². The molecule has 4 nitrogen and oxygen atoms in total. The number of benzene rings is 1. The quantitative estimate of drug-likeness (QED) is 0.758. The molecule has 0 amide bonds. The summed E-state index contributed by atoms with van der Waals surface area (Å²) in [4.78, 5) is 0.846. The number of fused-ring (bicyclic) bond motifs is 1. The van der Waals surface area contributed by atoms with Crippen molar-refractivity contribution in [3.05, 3.63) is 23.1 Å². The van der Waals surface area contributed by atoms with E-state index in [1.165, 1.54) is 23.7 Å². The van der Waals surface area contributed by atoms with Gasteiger partial charge in [-0.25, -0.2) is 0 Å². The zero-order chi connectivity index (χ0) is 10.3. The van der Waals surface area contributed by atoms with Gasteiger partial charge in [0.1, 0.15) is 0 Å². The molecule has 1 aromatic carbocycles. The van der Waals surface area contributed by atoms with Crippen LogP contribution in [0.15, 0.2) is 23.1 Å². The van der Waals surface area contributed by atoms with Crippen LogP contribution in [0.25, 0.3) is 10.9 Å². The molecule has 0 unspecified atom stereocenters. The molecular formula is C8H7NO3S2. The van der Waals surface area contributed by atoms with Gasteiger partial charge in [-0.15, -0.1) is 0 Å². The molecule has 74 valence electrons. The lowest BCUT2D eigenvalue weighted by atomic mass is 10.2. The van der Waals surface area contributed by atoms with Gasteiger partial charge < -0.3 is 0 Å². The predicted molar refractivity (Wildman–Crippen MR) is 54.2 cm³/mol. The first-order valence-electron chi connectivity index (χ1n) is 3.82. The first-order chi connectivity index (χ1) is 6.48. The van der Waals surface area contributed by atoms with Crippen LogP contribution in [0.2, 0.25) is 0 Å². The van der Waals surface area contributed by atoms with Crippen molar-refractivity contribution in [2.24, 2.45) is 0 Å². The van der Waals surface area contributed by atoms with Gasteiger partial charge in [-0.05, 0) is 36.7 Å². The third kappa shape index (κ3) is 1.52. The second kappa shape index (κ2) is 3.01. The molecule has 0 fully saturated rings. The van der Waals surface area contributed by atoms with Gasteiger partial charge in [0.25, 0.3) is 10.1 Å². The molecule has 0 aliphatic carbocycles. The van der Waals surface area contributed by atoms with E-state index in [0.29, 0.717) is 0 Å². The molecule has 14 heavy (non-hydrogen) atoms. The Morgan fingerprint density at radius 3 is 2.79 bits per heavy atom. The third-order valence-electron chi connectivity index (χ3n) is 1.93. The van der Waals surface area contributed by atoms with Gasteiger partial charge in [-0.2, -0.15) is 12.8 Å². The first kappa shape index (κ1) is 9.57. The highest BCUT2D eigenvalue weighted by molar-refractivity contribution is 7.85. The summed E-state index contributed by atoms with van der Waals surface area (Å²) in [6.45, 7) is 1.85. The number of hydrogen-bond acceptors (Lipinski definition) is 4. The van der Waals surface area contributed by atoms with E-state index in [9.17, 15) is 8.42 Å². The van der Waals surface area contributed by atoms with Gasteiger partial charge in [0.05, 0.1) is 10.4 Å². The molecule has 0 spiro atoms. The lowest BCUT2D eigenvalue weighted by Crippen LogP contribution is -1.97. The van der Waals surface area contributed by atoms with Crippen LogP contribution in [0.5, 0.6) is 0 Å². The van der Waals surface area contributed by atoms with E-state index in [0.717, 1.165) is 15.8 Å². The van der Waals surface area contributed by atoms with Crippen LogP contribution in [0.1, 0.15) is 4.88 Å². The van der Waals surface area contributed by atoms with Crippen LogP contribution in [0, 0.1) is 6.92 Å². The Kier molecular flexibility index (Phi) is 2.06. The lowest BCUT2D eigenvalue weighted by molar-refractivity contribution is 0.483. The second-order valence-corrected chi connectivity index (χ2v) is 5.29. The van der Waals surface area contributed by atoms with Crippen LogP contribution < -0.4 is 0 Å². The van der Waals surface area contributed by atoms with Crippen molar-refractivity contribution in [3.8, 4) is 0 Å². The van der Waals surface area contributed by atoms with Crippen molar-refractivity contribution >= 4 is 32.6 Å². The maximum absolute atomic E-state index is 10.8. The van der Waals surface area contributed by atoms with Crippen molar-refractivity contribution in [2.45, 2.75) is 11.8 Å². The lowest BCUT2D eigenvalue weighted by Gasteiger charge is -1.96. The predicted octanol–water partition coefficient (Wildman–Crippen LogP) is 1.85. The Morgan fingerprint density at radius 2 is 2.14 bits per heavy atom. The highest BCUT2D eigenvalue weighted by Gasteiger charge is 2.11. The van der Waals surface area contributed by atoms with E-state index in [4.69, 9.17) is 4.55 Å². The number of aryl methyl sites for hydroxylation is 1. The molecule has 2 rings (SSSR count). The molecule has 0 aliphatic heterocycles. The van der Waals surface area contributed by atoms with Crippen molar-refractivity contribution in [2.75, 3.05) is 0 Å². The molecule has 6 heteroatoms. The summed E-state index contributed by atoms with van der Waals surface area (Å²) in [5.74, 6) is 0. The molecule has 0 saturated carbocycles. The first-order valence-corrected chi connectivity index (χ1v) is 6.03. The summed E-state index contributed by atoms with van der Waals surface area (Å²) < 4.78 is 34.6. The van der Waals surface area contributed by atoms with E-state index in [1.807, 2.05) is 6.92 Å². The van der Waals surface area contributed by atoms with Gasteiger partial charge in [-0.1, -0.05) is 0 Å². The molecule has 0 atom stereocenters. The molecule has 0 radical (unpaired) electrons. The summed E-state index contributed by atoms with van der Waals surface area (Å²) in [6, 6.07) is 4.36. The fourth-order valence-corrected chi connectivity index (χ4v) is 2.37. The van der Waals surface area contributed by atoms with Gasteiger partial charge in [0.2, 0.25) is 0 Å². The van der Waals surface area contributed by atoms with E-state index >= 15 is 0 Å². The summed E-state index contributed by atoms with van der Waals surface area (Å²) in [5, 5.41) is 0.769. The Morgan fingerprint density at radius 1 is 1.43 bits per heavy atom. The molecule has 1 heterocycles. The van der Waals surface area contributed by atoms with Crippen molar-refractivity contribution in [1.82, 2.24) is 4.37 Å². The third-order valence-corrected chi connectivity index (χ3v) is 3.56. The molecule has 1 aromatic heterocycles. The largest absolute Gasteiger partial charge is 0.294 e. The normalized spacial score (nSPS) is 12.1. The zero-order valence-corrected chi connectivity index (χ0v) is 8.89. The van der Waals surface area contributed by atoms with Crippen molar-refractivity contribution in [3.63, 3.8) is 0 Å². The molecule has 2 aromatic rings. The van der Waals surface area contributed by atoms with Gasteiger partial charge in [0.15, 0.2) is 0 Å². The summed E-state index contributed by atoms with van der Waals surface area (Å²) in [5.41, 5.74) is 0.750. The smallest absolute Gasteiger partial charge is 0.282 e. The summed E-state index contributed by atoms with van der Waals surface area (Å²) in [6.07, 6.45) is 0. The van der Waals surface area contributed by atoms with Crippen molar-refractivity contribution in [1.29, 1.82) is 0 Å². The molecular weight excluding hydrogens is 222 g/mol. The highest BCUT2D eigenvalue weighted by atomic mass is 32.2. The molecule has 1 N–H and O–H groups in total. The molecule has 0 saturated heterocycles. The van der Waals surface area contributed by atoms with Crippen molar-refractivity contribution < 1.29 is 13.0 Å². The number of hydrogen-bond donors (Lipinski definition) is 1. The Bertz CT molecular complexity index is 586. The van der Waals surface area contributed by atoms with Gasteiger partial charge in [-0.3, -0.25) is 4.55 Å². The Balaban J connectivity index is 2.79. The van der Waals surface area contributed by atoms with Crippen LogP contribution in [-0.4, -0.2) is 17.3 Å². The number of rotatable bonds is 1. The molecule has 0 bridgehead atoms. The highest BCUT2D eigenvalue weighted by Crippen LogP contribution is 2.24. The number of aromatic nitrogens is 1. The fraction of sp³-hybridized carbons (Fsp3) is 0.125. The SMILES string of the molecule is Cc1snc2ccc(S(=O)(=O)O)cc12. The Labute approximate surface area is 85.1 Å². The topological polar surface area (TPSA) is 67.3 Å². The maximum atomic E-state index is 10.8. The van der Waals surface area contributed by atoms with E-state index < -0.39 is 10.1 Å². The average Bonchev–Trinajstić information content (AvgIpc) is 2.46. The fourth-order valence-electron chi connectivity index (χ4n) is 1.20. The zero-order valence-electron chi connectivity index (χ0n) is 7.26. The maximum Gasteiger partial charge on any atom is 0.294 e. The van der Waals surface area contributed by atoms with Crippen LogP contribution in [-0.2, 0) is 10.1 Å². The van der Waals surface area contributed by atoms with Crippen LogP contribution in [0.3, 0.4) is 0 Å². The Hall–Kier alpha value is -0.980. The minimum absolute atomic E-state index is 0.0895. The average molecular weight is 229 g/mol. The van der Waals surface area contributed by atoms with Gasteiger partial charge in [0, 0.05) is 10.3 Å².